The van der Waals surface area contributed by atoms with Gasteiger partial charge in [0, 0.05) is 5.88 Å². The van der Waals surface area contributed by atoms with Gasteiger partial charge in [-0.05, 0) is 12.8 Å². The van der Waals surface area contributed by atoms with Gasteiger partial charge in [-0.15, -0.1) is 11.6 Å². The van der Waals surface area contributed by atoms with Crippen molar-refractivity contribution in [2.75, 3.05) is 5.88 Å². The lowest BCUT2D eigenvalue weighted by molar-refractivity contribution is -0.213. The molecule has 0 aliphatic heterocycles. The number of hydrogen-bond acceptors (Lipinski definition) is 0. The molecule has 0 N–H and O–H groups in total. The summed E-state index contributed by atoms with van der Waals surface area (Å²) in [7, 11) is 0. The summed E-state index contributed by atoms with van der Waals surface area (Å²) in [6, 6.07) is 0. The van der Waals surface area contributed by atoms with Gasteiger partial charge in [0.1, 0.15) is 0 Å². The highest BCUT2D eigenvalue weighted by molar-refractivity contribution is 6.18. The average molecular weight is 187 g/mol. The number of hydrogen-bond donors (Lipinski definition) is 0. The second-order valence-electron chi connectivity index (χ2n) is 3.12. The fraction of sp³-hybridized carbons (Fsp3) is 1.00. The third-order valence-electron chi connectivity index (χ3n) is 2.42. The van der Waals surface area contributed by atoms with Crippen LogP contribution in [0, 0.1) is 5.41 Å². The molecule has 0 unspecified atom stereocenters. The van der Waals surface area contributed by atoms with Crippen molar-refractivity contribution in [1.82, 2.24) is 0 Å². The van der Waals surface area contributed by atoms with Crippen LogP contribution in [0.15, 0.2) is 0 Å². The van der Waals surface area contributed by atoms with Gasteiger partial charge in [0.15, 0.2) is 0 Å². The molecule has 0 radical (unpaired) electrons. The first kappa shape index (κ1) is 9.17. The lowest BCUT2D eigenvalue weighted by Crippen LogP contribution is -2.36. The Hall–Kier alpha value is 0.0800. The maximum atomic E-state index is 12.3. The lowest BCUT2D eigenvalue weighted by Gasteiger charge is -2.28. The Bertz CT molecular complexity index is 135. The highest BCUT2D eigenvalue weighted by Crippen LogP contribution is 2.50. The Balaban J connectivity index is 2.75. The van der Waals surface area contributed by atoms with Crippen LogP contribution in [0.2, 0.25) is 0 Å². The molecular formula is C7H10ClF3. The molecule has 1 aliphatic carbocycles. The predicted molar refractivity (Wildman–Crippen MR) is 37.7 cm³/mol. The molecule has 1 saturated carbocycles. The fourth-order valence-corrected chi connectivity index (χ4v) is 1.96. The normalized spacial score (nSPS) is 24.0. The minimum Gasteiger partial charge on any atom is -0.170 e. The van der Waals surface area contributed by atoms with Gasteiger partial charge in [0.2, 0.25) is 0 Å². The molecule has 0 saturated heterocycles. The largest absolute Gasteiger partial charge is 0.395 e. The summed E-state index contributed by atoms with van der Waals surface area (Å²) < 4.78 is 37.0. The molecule has 1 aliphatic rings. The Morgan fingerprint density at radius 2 is 1.64 bits per heavy atom. The number of alkyl halides is 4. The summed E-state index contributed by atoms with van der Waals surface area (Å²) in [6.45, 7) is 0. The van der Waals surface area contributed by atoms with E-state index in [1.54, 1.807) is 0 Å². The lowest BCUT2D eigenvalue weighted by atomic mass is 9.88. The maximum absolute atomic E-state index is 12.3. The molecule has 66 valence electrons. The molecule has 0 aromatic rings. The zero-order valence-corrected chi connectivity index (χ0v) is 6.80. The van der Waals surface area contributed by atoms with Crippen LogP contribution in [0.25, 0.3) is 0 Å². The second kappa shape index (κ2) is 2.85. The van der Waals surface area contributed by atoms with E-state index < -0.39 is 11.6 Å². The van der Waals surface area contributed by atoms with E-state index in [4.69, 9.17) is 11.6 Å². The van der Waals surface area contributed by atoms with Crippen molar-refractivity contribution in [2.24, 2.45) is 5.41 Å². The molecule has 0 amide bonds. The number of rotatable bonds is 1. The van der Waals surface area contributed by atoms with Crippen molar-refractivity contribution < 1.29 is 13.2 Å². The highest BCUT2D eigenvalue weighted by atomic mass is 35.5. The molecule has 0 spiro atoms. The van der Waals surface area contributed by atoms with Crippen LogP contribution >= 0.6 is 11.6 Å². The van der Waals surface area contributed by atoms with Crippen molar-refractivity contribution in [2.45, 2.75) is 31.9 Å². The monoisotopic (exact) mass is 186 g/mol. The smallest absolute Gasteiger partial charge is 0.170 e. The molecule has 0 heterocycles. The first-order valence-corrected chi connectivity index (χ1v) is 4.18. The van der Waals surface area contributed by atoms with E-state index in [-0.39, 0.29) is 18.7 Å². The minimum atomic E-state index is -4.11. The molecule has 11 heavy (non-hydrogen) atoms. The van der Waals surface area contributed by atoms with Gasteiger partial charge in [0.05, 0.1) is 5.41 Å². The van der Waals surface area contributed by atoms with Gasteiger partial charge in [-0.2, -0.15) is 13.2 Å². The van der Waals surface area contributed by atoms with Gasteiger partial charge < -0.3 is 0 Å². The van der Waals surface area contributed by atoms with E-state index in [2.05, 4.69) is 0 Å². The van der Waals surface area contributed by atoms with Gasteiger partial charge in [-0.25, -0.2) is 0 Å². The van der Waals surface area contributed by atoms with Gasteiger partial charge in [-0.3, -0.25) is 0 Å². The standard InChI is InChI=1S/C7H10ClF3/c8-5-6(7(9,10)11)3-1-2-4-6/h1-5H2. The van der Waals surface area contributed by atoms with E-state index in [9.17, 15) is 13.2 Å². The summed E-state index contributed by atoms with van der Waals surface area (Å²) in [6.07, 6.45) is -2.37. The number of halogens is 4. The van der Waals surface area contributed by atoms with Crippen LogP contribution in [-0.4, -0.2) is 12.1 Å². The van der Waals surface area contributed by atoms with Crippen LogP contribution in [0.3, 0.4) is 0 Å². The van der Waals surface area contributed by atoms with E-state index in [1.165, 1.54) is 0 Å². The van der Waals surface area contributed by atoms with E-state index in [0.717, 1.165) is 0 Å². The van der Waals surface area contributed by atoms with E-state index >= 15 is 0 Å². The molecule has 4 heteroatoms. The zero-order chi connectivity index (χ0) is 8.54. The van der Waals surface area contributed by atoms with Crippen molar-refractivity contribution in [3.63, 3.8) is 0 Å². The minimum absolute atomic E-state index is 0.208. The van der Waals surface area contributed by atoms with Crippen LogP contribution in [0.5, 0.6) is 0 Å². The fourth-order valence-electron chi connectivity index (χ4n) is 1.54. The first-order chi connectivity index (χ1) is 5.02. The Morgan fingerprint density at radius 1 is 1.18 bits per heavy atom. The Labute approximate surface area is 68.7 Å². The predicted octanol–water partition coefficient (Wildman–Crippen LogP) is 3.35. The van der Waals surface area contributed by atoms with Gasteiger partial charge in [-0.1, -0.05) is 12.8 Å². The van der Waals surface area contributed by atoms with E-state index in [1.807, 2.05) is 0 Å². The van der Waals surface area contributed by atoms with Crippen LogP contribution in [-0.2, 0) is 0 Å². The quantitative estimate of drug-likeness (QED) is 0.551. The zero-order valence-electron chi connectivity index (χ0n) is 6.05. The highest BCUT2D eigenvalue weighted by Gasteiger charge is 2.54. The topological polar surface area (TPSA) is 0 Å². The van der Waals surface area contributed by atoms with Gasteiger partial charge >= 0.3 is 6.18 Å². The van der Waals surface area contributed by atoms with Crippen molar-refractivity contribution in [3.8, 4) is 0 Å². The summed E-state index contributed by atoms with van der Waals surface area (Å²) >= 11 is 5.33. The van der Waals surface area contributed by atoms with E-state index in [0.29, 0.717) is 12.8 Å². The summed E-state index contributed by atoms with van der Waals surface area (Å²) in [4.78, 5) is 0. The van der Waals surface area contributed by atoms with Crippen LogP contribution < -0.4 is 0 Å². The Morgan fingerprint density at radius 3 is 1.82 bits per heavy atom. The maximum Gasteiger partial charge on any atom is 0.395 e. The third-order valence-corrected chi connectivity index (χ3v) is 2.93. The first-order valence-electron chi connectivity index (χ1n) is 3.64. The molecule has 0 nitrogen and oxygen atoms in total. The second-order valence-corrected chi connectivity index (χ2v) is 3.39. The van der Waals surface area contributed by atoms with Crippen LogP contribution in [0.1, 0.15) is 25.7 Å². The molecule has 0 aromatic heterocycles. The van der Waals surface area contributed by atoms with Crippen molar-refractivity contribution in [3.05, 3.63) is 0 Å². The summed E-state index contributed by atoms with van der Waals surface area (Å²) in [5.74, 6) is -0.281. The summed E-state index contributed by atoms with van der Waals surface area (Å²) in [5, 5.41) is 0. The molecule has 0 atom stereocenters. The van der Waals surface area contributed by atoms with Crippen molar-refractivity contribution >= 4 is 11.6 Å². The van der Waals surface area contributed by atoms with Gasteiger partial charge in [0.25, 0.3) is 0 Å². The Kier molecular flexibility index (Phi) is 2.37. The third kappa shape index (κ3) is 1.48. The summed E-state index contributed by atoms with van der Waals surface area (Å²) in [5.41, 5.74) is -1.56. The van der Waals surface area contributed by atoms with Crippen molar-refractivity contribution in [1.29, 1.82) is 0 Å². The molecule has 1 fully saturated rings. The molecule has 0 aromatic carbocycles. The SMILES string of the molecule is FC(F)(F)C1(CCl)CCCC1. The average Bonchev–Trinajstić information content (AvgIpc) is 2.33. The molecule has 0 bridgehead atoms. The molecular weight excluding hydrogens is 177 g/mol. The molecule has 1 rings (SSSR count). The van der Waals surface area contributed by atoms with Crippen LogP contribution in [0.4, 0.5) is 13.2 Å².